The molecule has 0 bridgehead atoms. The molecule has 1 aromatic heterocycles. The number of benzene rings is 3. The number of morpholine rings is 1. The predicted octanol–water partition coefficient (Wildman–Crippen LogP) is 5.42. The van der Waals surface area contributed by atoms with E-state index in [4.69, 9.17) is 9.72 Å². The third kappa shape index (κ3) is 6.22. The van der Waals surface area contributed by atoms with Crippen molar-refractivity contribution < 1.29 is 9.53 Å². The van der Waals surface area contributed by atoms with Crippen LogP contribution in [0.25, 0.3) is 10.6 Å². The van der Waals surface area contributed by atoms with Gasteiger partial charge in [0.15, 0.2) is 0 Å². The maximum absolute atomic E-state index is 13.4. The van der Waals surface area contributed by atoms with Crippen LogP contribution in [-0.4, -0.2) is 42.1 Å². The van der Waals surface area contributed by atoms with Crippen LogP contribution in [0.3, 0.4) is 0 Å². The van der Waals surface area contributed by atoms with Gasteiger partial charge in [0.1, 0.15) is 5.01 Å². The van der Waals surface area contributed by atoms with Gasteiger partial charge in [-0.25, -0.2) is 4.98 Å². The normalized spacial score (nSPS) is 14.1. The number of rotatable bonds is 8. The van der Waals surface area contributed by atoms with E-state index >= 15 is 0 Å². The van der Waals surface area contributed by atoms with E-state index < -0.39 is 0 Å². The molecule has 0 atom stereocenters. The van der Waals surface area contributed by atoms with Gasteiger partial charge in [0.2, 0.25) is 5.91 Å². The molecule has 1 saturated heterocycles. The Labute approximate surface area is 210 Å². The van der Waals surface area contributed by atoms with Crippen molar-refractivity contribution in [3.8, 4) is 10.6 Å². The molecular formula is C29H29N3O2S. The van der Waals surface area contributed by atoms with Crippen LogP contribution in [0.5, 0.6) is 0 Å². The van der Waals surface area contributed by atoms with Crippen molar-refractivity contribution in [3.05, 3.63) is 107 Å². The van der Waals surface area contributed by atoms with Gasteiger partial charge in [-0.15, -0.1) is 11.3 Å². The molecule has 178 valence electrons. The lowest BCUT2D eigenvalue weighted by molar-refractivity contribution is -0.118. The highest BCUT2D eigenvalue weighted by Crippen LogP contribution is 2.26. The molecule has 35 heavy (non-hydrogen) atoms. The Hall–Kier alpha value is -3.32. The molecule has 1 aliphatic rings. The van der Waals surface area contributed by atoms with Crippen molar-refractivity contribution in [1.29, 1.82) is 0 Å². The minimum Gasteiger partial charge on any atom is -0.379 e. The smallest absolute Gasteiger partial charge is 0.233 e. The SMILES string of the molecule is O=C(Cc1csc(-c2cccc(CN3CCOCC3)c2)n1)N(Cc1ccccc1)c1ccccc1. The summed E-state index contributed by atoms with van der Waals surface area (Å²) in [5.41, 5.74) is 5.18. The zero-order chi connectivity index (χ0) is 23.9. The average Bonchev–Trinajstić information content (AvgIpc) is 3.37. The van der Waals surface area contributed by atoms with Gasteiger partial charge < -0.3 is 9.64 Å². The molecule has 0 unspecified atom stereocenters. The molecule has 0 spiro atoms. The van der Waals surface area contributed by atoms with E-state index in [1.54, 1.807) is 11.3 Å². The fourth-order valence-corrected chi connectivity index (χ4v) is 5.11. The number of ether oxygens (including phenoxy) is 1. The fraction of sp³-hybridized carbons (Fsp3) is 0.241. The van der Waals surface area contributed by atoms with Gasteiger partial charge >= 0.3 is 0 Å². The van der Waals surface area contributed by atoms with Gasteiger partial charge in [-0.05, 0) is 29.3 Å². The summed E-state index contributed by atoms with van der Waals surface area (Å²) >= 11 is 1.60. The highest BCUT2D eigenvalue weighted by molar-refractivity contribution is 7.13. The molecule has 1 fully saturated rings. The largest absolute Gasteiger partial charge is 0.379 e. The second kappa shape index (κ2) is 11.4. The number of carbonyl (C=O) groups excluding carboxylic acids is 1. The molecule has 1 amide bonds. The maximum atomic E-state index is 13.4. The number of hydrogen-bond donors (Lipinski definition) is 0. The minimum atomic E-state index is 0.0398. The molecule has 0 radical (unpaired) electrons. The lowest BCUT2D eigenvalue weighted by atomic mass is 10.1. The summed E-state index contributed by atoms with van der Waals surface area (Å²) in [6.07, 6.45) is 0.270. The highest BCUT2D eigenvalue weighted by Gasteiger charge is 2.19. The monoisotopic (exact) mass is 483 g/mol. The van der Waals surface area contributed by atoms with Gasteiger partial charge in [0, 0.05) is 36.3 Å². The lowest BCUT2D eigenvalue weighted by Gasteiger charge is -2.26. The number of nitrogens with zero attached hydrogens (tertiary/aromatic N) is 3. The summed E-state index contributed by atoms with van der Waals surface area (Å²) in [7, 11) is 0. The molecule has 2 heterocycles. The van der Waals surface area contributed by atoms with Crippen molar-refractivity contribution in [2.24, 2.45) is 0 Å². The van der Waals surface area contributed by atoms with E-state index in [0.717, 1.165) is 60.4 Å². The van der Waals surface area contributed by atoms with Crippen molar-refractivity contribution in [3.63, 3.8) is 0 Å². The molecule has 5 rings (SSSR count). The van der Waals surface area contributed by atoms with Crippen LogP contribution in [0, 0.1) is 0 Å². The quantitative estimate of drug-likeness (QED) is 0.336. The predicted molar refractivity (Wildman–Crippen MR) is 141 cm³/mol. The Morgan fingerprint density at radius 2 is 1.63 bits per heavy atom. The molecule has 3 aromatic carbocycles. The van der Waals surface area contributed by atoms with Gasteiger partial charge in [-0.1, -0.05) is 66.7 Å². The van der Waals surface area contributed by atoms with Crippen LogP contribution in [0.4, 0.5) is 5.69 Å². The Balaban J connectivity index is 1.30. The zero-order valence-electron chi connectivity index (χ0n) is 19.7. The molecule has 0 N–H and O–H groups in total. The summed E-state index contributed by atoms with van der Waals surface area (Å²) in [5, 5.41) is 2.96. The van der Waals surface area contributed by atoms with Crippen molar-refractivity contribution in [2.45, 2.75) is 19.5 Å². The summed E-state index contributed by atoms with van der Waals surface area (Å²) < 4.78 is 5.46. The van der Waals surface area contributed by atoms with Crippen LogP contribution in [0.15, 0.2) is 90.3 Å². The molecule has 1 aliphatic heterocycles. The molecular weight excluding hydrogens is 454 g/mol. The van der Waals surface area contributed by atoms with E-state index in [1.807, 2.05) is 70.9 Å². The number of amides is 1. The molecule has 6 heteroatoms. The summed E-state index contributed by atoms with van der Waals surface area (Å²) in [6.45, 7) is 4.98. The van der Waals surface area contributed by atoms with Gasteiger partial charge in [-0.3, -0.25) is 9.69 Å². The van der Waals surface area contributed by atoms with Crippen molar-refractivity contribution in [2.75, 3.05) is 31.2 Å². The first-order valence-electron chi connectivity index (χ1n) is 12.0. The first-order chi connectivity index (χ1) is 17.2. The third-order valence-electron chi connectivity index (χ3n) is 6.12. The fourth-order valence-electron chi connectivity index (χ4n) is 4.29. The van der Waals surface area contributed by atoms with E-state index in [0.29, 0.717) is 6.54 Å². The third-order valence-corrected chi connectivity index (χ3v) is 7.06. The summed E-state index contributed by atoms with van der Waals surface area (Å²) in [5.74, 6) is 0.0398. The number of thiazole rings is 1. The minimum absolute atomic E-state index is 0.0398. The topological polar surface area (TPSA) is 45.7 Å². The van der Waals surface area contributed by atoms with E-state index in [-0.39, 0.29) is 12.3 Å². The lowest BCUT2D eigenvalue weighted by Crippen LogP contribution is -2.35. The average molecular weight is 484 g/mol. The van der Waals surface area contributed by atoms with Crippen molar-refractivity contribution >= 4 is 22.9 Å². The van der Waals surface area contributed by atoms with Crippen LogP contribution in [-0.2, 0) is 29.0 Å². The van der Waals surface area contributed by atoms with E-state index in [1.165, 1.54) is 5.56 Å². The van der Waals surface area contributed by atoms with Crippen LogP contribution in [0.2, 0.25) is 0 Å². The first kappa shape index (κ1) is 23.4. The molecule has 0 saturated carbocycles. The highest BCUT2D eigenvalue weighted by atomic mass is 32.1. The Bertz CT molecular complexity index is 1240. The standard InChI is InChI=1S/C29H29N3O2S/c33-28(32(27-12-5-2-6-13-27)21-23-8-3-1-4-9-23)19-26-22-35-29(30-26)25-11-7-10-24(18-25)20-31-14-16-34-17-15-31/h1-13,18,22H,14-17,19-21H2. The number of carbonyl (C=O) groups is 1. The van der Waals surface area contributed by atoms with Crippen LogP contribution >= 0.6 is 11.3 Å². The number of anilines is 1. The Morgan fingerprint density at radius 1 is 0.914 bits per heavy atom. The van der Waals surface area contributed by atoms with Crippen LogP contribution < -0.4 is 4.90 Å². The zero-order valence-corrected chi connectivity index (χ0v) is 20.5. The number of aromatic nitrogens is 1. The molecule has 0 aliphatic carbocycles. The maximum Gasteiger partial charge on any atom is 0.233 e. The summed E-state index contributed by atoms with van der Waals surface area (Å²) in [4.78, 5) is 22.5. The number of hydrogen-bond acceptors (Lipinski definition) is 5. The van der Waals surface area contributed by atoms with Gasteiger partial charge in [-0.2, -0.15) is 0 Å². The second-order valence-corrected chi connectivity index (χ2v) is 9.57. The molecule has 4 aromatic rings. The Morgan fingerprint density at radius 3 is 2.40 bits per heavy atom. The molecule has 5 nitrogen and oxygen atoms in total. The first-order valence-corrected chi connectivity index (χ1v) is 12.9. The van der Waals surface area contributed by atoms with E-state index in [2.05, 4.69) is 29.2 Å². The van der Waals surface area contributed by atoms with Gasteiger partial charge in [0.05, 0.1) is 31.9 Å². The van der Waals surface area contributed by atoms with E-state index in [9.17, 15) is 4.79 Å². The van der Waals surface area contributed by atoms with Gasteiger partial charge in [0.25, 0.3) is 0 Å². The Kier molecular flexibility index (Phi) is 7.63. The second-order valence-electron chi connectivity index (χ2n) is 8.71. The van der Waals surface area contributed by atoms with Crippen LogP contribution in [0.1, 0.15) is 16.8 Å². The summed E-state index contributed by atoms with van der Waals surface area (Å²) in [6, 6.07) is 28.5. The number of para-hydroxylation sites is 1. The van der Waals surface area contributed by atoms with Crippen molar-refractivity contribution in [1.82, 2.24) is 9.88 Å².